The zero-order chi connectivity index (χ0) is 13.8. The molecule has 0 spiro atoms. The molecule has 3 nitrogen and oxygen atoms in total. The molecule has 3 heteroatoms. The maximum absolute atomic E-state index is 11.7. The second-order valence-electron chi connectivity index (χ2n) is 5.08. The molecule has 0 fully saturated rings. The van der Waals surface area contributed by atoms with Crippen LogP contribution in [0, 0.1) is 6.92 Å². The van der Waals surface area contributed by atoms with E-state index in [4.69, 9.17) is 0 Å². The summed E-state index contributed by atoms with van der Waals surface area (Å²) in [4.78, 5) is 11.7. The smallest absolute Gasteiger partial charge is 0.244 e. The minimum atomic E-state index is -0.632. The van der Waals surface area contributed by atoms with Crippen molar-refractivity contribution in [3.05, 3.63) is 41.5 Å². The molecular formula is C15H21NO2. The fourth-order valence-corrected chi connectivity index (χ4v) is 1.40. The van der Waals surface area contributed by atoms with Crippen LogP contribution in [-0.4, -0.2) is 22.7 Å². The summed E-state index contributed by atoms with van der Waals surface area (Å²) in [5, 5.41) is 12.3. The van der Waals surface area contributed by atoms with E-state index < -0.39 is 11.6 Å². The molecule has 2 N–H and O–H groups in total. The van der Waals surface area contributed by atoms with E-state index in [9.17, 15) is 9.90 Å². The molecule has 0 aliphatic heterocycles. The Hall–Kier alpha value is -1.61. The van der Waals surface area contributed by atoms with Crippen LogP contribution in [-0.2, 0) is 4.79 Å². The van der Waals surface area contributed by atoms with E-state index in [0.717, 1.165) is 11.1 Å². The number of carbonyl (C=O) groups excluding carboxylic acids is 1. The van der Waals surface area contributed by atoms with Crippen molar-refractivity contribution >= 4 is 12.0 Å². The Labute approximate surface area is 109 Å². The Morgan fingerprint density at radius 1 is 1.39 bits per heavy atom. The van der Waals surface area contributed by atoms with Gasteiger partial charge in [0.1, 0.15) is 0 Å². The summed E-state index contributed by atoms with van der Waals surface area (Å²) in [7, 11) is 0. The van der Waals surface area contributed by atoms with Crippen molar-refractivity contribution in [3.63, 3.8) is 0 Å². The van der Waals surface area contributed by atoms with Crippen molar-refractivity contribution in [1.82, 2.24) is 5.32 Å². The molecule has 1 rings (SSSR count). The van der Waals surface area contributed by atoms with Gasteiger partial charge >= 0.3 is 0 Å². The van der Waals surface area contributed by atoms with Gasteiger partial charge in [0.15, 0.2) is 0 Å². The maximum Gasteiger partial charge on any atom is 0.244 e. The van der Waals surface area contributed by atoms with E-state index in [0.29, 0.717) is 0 Å². The van der Waals surface area contributed by atoms with Crippen LogP contribution in [0.3, 0.4) is 0 Å². The molecular weight excluding hydrogens is 226 g/mol. The standard InChI is InChI=1S/C15H21NO2/c1-11-7-5-6-8-13(11)9-10-14(18)16-15(3,4)12(2)17/h5-10,12,17H,1-4H3,(H,16,18)/b10-9+. The van der Waals surface area contributed by atoms with Crippen LogP contribution in [0.15, 0.2) is 30.3 Å². The first-order valence-corrected chi connectivity index (χ1v) is 6.07. The van der Waals surface area contributed by atoms with E-state index in [2.05, 4.69) is 5.32 Å². The Kier molecular flexibility index (Phi) is 4.68. The highest BCUT2D eigenvalue weighted by molar-refractivity contribution is 5.92. The first-order chi connectivity index (χ1) is 8.33. The summed E-state index contributed by atoms with van der Waals surface area (Å²) in [6.45, 7) is 7.23. The lowest BCUT2D eigenvalue weighted by Crippen LogP contribution is -2.50. The third kappa shape index (κ3) is 4.00. The number of aliphatic hydroxyl groups excluding tert-OH is 1. The van der Waals surface area contributed by atoms with Gasteiger partial charge < -0.3 is 10.4 Å². The number of nitrogens with one attached hydrogen (secondary N) is 1. The zero-order valence-electron chi connectivity index (χ0n) is 11.4. The van der Waals surface area contributed by atoms with Crippen molar-refractivity contribution in [2.24, 2.45) is 0 Å². The van der Waals surface area contributed by atoms with Gasteiger partial charge in [-0.1, -0.05) is 24.3 Å². The second-order valence-corrected chi connectivity index (χ2v) is 5.08. The molecule has 0 bridgehead atoms. The molecule has 0 aliphatic rings. The summed E-state index contributed by atoms with van der Waals surface area (Å²) in [6.07, 6.45) is 2.67. The van der Waals surface area contributed by atoms with Crippen LogP contribution in [0.1, 0.15) is 31.9 Å². The second kappa shape index (κ2) is 5.83. The fraction of sp³-hybridized carbons (Fsp3) is 0.400. The van der Waals surface area contributed by atoms with Crippen LogP contribution in [0.2, 0.25) is 0 Å². The van der Waals surface area contributed by atoms with Gasteiger partial charge in [-0.15, -0.1) is 0 Å². The van der Waals surface area contributed by atoms with Crippen molar-refractivity contribution in [3.8, 4) is 0 Å². The van der Waals surface area contributed by atoms with Gasteiger partial charge in [-0.25, -0.2) is 0 Å². The summed E-state index contributed by atoms with van der Waals surface area (Å²) in [6, 6.07) is 7.85. The molecule has 0 aliphatic carbocycles. The highest BCUT2D eigenvalue weighted by atomic mass is 16.3. The SMILES string of the molecule is Cc1ccccc1/C=C/C(=O)NC(C)(C)C(C)O. The average molecular weight is 247 g/mol. The van der Waals surface area contributed by atoms with Gasteiger partial charge in [0.05, 0.1) is 11.6 Å². The lowest BCUT2D eigenvalue weighted by molar-refractivity contribution is -0.119. The van der Waals surface area contributed by atoms with E-state index in [1.165, 1.54) is 6.08 Å². The molecule has 0 saturated carbocycles. The van der Waals surface area contributed by atoms with Gasteiger partial charge in [0.25, 0.3) is 0 Å². The van der Waals surface area contributed by atoms with Gasteiger partial charge in [-0.2, -0.15) is 0 Å². The first kappa shape index (κ1) is 14.5. The third-order valence-corrected chi connectivity index (χ3v) is 3.09. The molecule has 0 saturated heterocycles. The monoisotopic (exact) mass is 247 g/mol. The van der Waals surface area contributed by atoms with E-state index in [-0.39, 0.29) is 5.91 Å². The zero-order valence-corrected chi connectivity index (χ0v) is 11.4. The predicted molar refractivity (Wildman–Crippen MR) is 74.1 cm³/mol. The molecule has 1 aromatic rings. The van der Waals surface area contributed by atoms with E-state index in [1.807, 2.05) is 31.2 Å². The summed E-state index contributed by atoms with van der Waals surface area (Å²) >= 11 is 0. The average Bonchev–Trinajstić information content (AvgIpc) is 2.27. The molecule has 1 atom stereocenters. The van der Waals surface area contributed by atoms with Crippen molar-refractivity contribution < 1.29 is 9.90 Å². The Balaban J connectivity index is 2.69. The first-order valence-electron chi connectivity index (χ1n) is 6.07. The quantitative estimate of drug-likeness (QED) is 0.802. The number of benzene rings is 1. The van der Waals surface area contributed by atoms with Crippen LogP contribution in [0.25, 0.3) is 6.08 Å². The van der Waals surface area contributed by atoms with Crippen molar-refractivity contribution in [2.45, 2.75) is 39.3 Å². The number of carbonyl (C=O) groups is 1. The molecule has 1 unspecified atom stereocenters. The number of hydrogen-bond donors (Lipinski definition) is 2. The summed E-state index contributed by atoms with van der Waals surface area (Å²) in [5.41, 5.74) is 1.51. The van der Waals surface area contributed by atoms with E-state index in [1.54, 1.807) is 26.8 Å². The molecule has 0 aromatic heterocycles. The van der Waals surface area contributed by atoms with Gasteiger partial charge in [-0.05, 0) is 44.9 Å². The maximum atomic E-state index is 11.7. The largest absolute Gasteiger partial charge is 0.391 e. The molecule has 1 aromatic carbocycles. The summed E-state index contributed by atoms with van der Waals surface area (Å²) < 4.78 is 0. The topological polar surface area (TPSA) is 49.3 Å². The number of rotatable bonds is 4. The lowest BCUT2D eigenvalue weighted by Gasteiger charge is -2.28. The van der Waals surface area contributed by atoms with Crippen LogP contribution >= 0.6 is 0 Å². The van der Waals surface area contributed by atoms with Crippen LogP contribution in [0.4, 0.5) is 0 Å². The van der Waals surface area contributed by atoms with Crippen molar-refractivity contribution in [1.29, 1.82) is 0 Å². The molecule has 0 radical (unpaired) electrons. The Morgan fingerprint density at radius 3 is 2.56 bits per heavy atom. The number of amides is 1. The molecule has 1 amide bonds. The van der Waals surface area contributed by atoms with Gasteiger partial charge in [-0.3, -0.25) is 4.79 Å². The third-order valence-electron chi connectivity index (χ3n) is 3.09. The van der Waals surface area contributed by atoms with Crippen molar-refractivity contribution in [2.75, 3.05) is 0 Å². The normalized spacial score (nSPS) is 13.6. The van der Waals surface area contributed by atoms with Crippen LogP contribution < -0.4 is 5.32 Å². The molecule has 18 heavy (non-hydrogen) atoms. The number of aliphatic hydroxyl groups is 1. The summed E-state index contributed by atoms with van der Waals surface area (Å²) in [5.74, 6) is -0.204. The highest BCUT2D eigenvalue weighted by Gasteiger charge is 2.24. The number of hydrogen-bond acceptors (Lipinski definition) is 2. The number of aryl methyl sites for hydroxylation is 1. The van der Waals surface area contributed by atoms with Gasteiger partial charge in [0, 0.05) is 6.08 Å². The van der Waals surface area contributed by atoms with E-state index >= 15 is 0 Å². The Bertz CT molecular complexity index is 448. The minimum absolute atomic E-state index is 0.204. The van der Waals surface area contributed by atoms with Crippen LogP contribution in [0.5, 0.6) is 0 Å². The Morgan fingerprint density at radius 2 is 2.00 bits per heavy atom. The lowest BCUT2D eigenvalue weighted by atomic mass is 9.99. The highest BCUT2D eigenvalue weighted by Crippen LogP contribution is 2.10. The molecule has 98 valence electrons. The van der Waals surface area contributed by atoms with Gasteiger partial charge in [0.2, 0.25) is 5.91 Å². The molecule has 0 heterocycles. The fourth-order valence-electron chi connectivity index (χ4n) is 1.40. The predicted octanol–water partition coefficient (Wildman–Crippen LogP) is 2.28. The minimum Gasteiger partial charge on any atom is -0.391 e.